The molecule has 1 heterocycles. The van der Waals surface area contributed by atoms with E-state index >= 15 is 0 Å². The zero-order chi connectivity index (χ0) is 13.1. The Morgan fingerprint density at radius 2 is 2.17 bits per heavy atom. The summed E-state index contributed by atoms with van der Waals surface area (Å²) in [4.78, 5) is 4.25. The molecule has 1 aromatic carbocycles. The largest absolute Gasteiger partial charge is 0.316 e. The highest BCUT2D eigenvalue weighted by Gasteiger charge is 2.10. The van der Waals surface area contributed by atoms with Gasteiger partial charge >= 0.3 is 0 Å². The van der Waals surface area contributed by atoms with Gasteiger partial charge in [0.15, 0.2) is 0 Å². The summed E-state index contributed by atoms with van der Waals surface area (Å²) in [6.45, 7) is 4.46. The topological polar surface area (TPSA) is 66.5 Å². The first-order valence-electron chi connectivity index (χ1n) is 5.74. The highest BCUT2D eigenvalue weighted by molar-refractivity contribution is 5.50. The summed E-state index contributed by atoms with van der Waals surface area (Å²) in [5.74, 6) is 1.49. The predicted molar refractivity (Wildman–Crippen MR) is 68.3 cm³/mol. The molecule has 18 heavy (non-hydrogen) atoms. The second-order valence-electron chi connectivity index (χ2n) is 4.11. The van der Waals surface area contributed by atoms with Gasteiger partial charge in [0, 0.05) is 6.54 Å². The van der Waals surface area contributed by atoms with Crippen LogP contribution in [0, 0.1) is 25.2 Å². The summed E-state index contributed by atoms with van der Waals surface area (Å²) >= 11 is 0. The molecule has 1 N–H and O–H groups in total. The van der Waals surface area contributed by atoms with Gasteiger partial charge in [-0.1, -0.05) is 6.07 Å². The van der Waals surface area contributed by atoms with E-state index < -0.39 is 0 Å². The fraction of sp³-hybridized carbons (Fsp3) is 0.308. The average Bonchev–Trinajstić information content (AvgIpc) is 2.68. The van der Waals surface area contributed by atoms with Crippen molar-refractivity contribution in [3.8, 4) is 11.8 Å². The third-order valence-electron chi connectivity index (χ3n) is 2.67. The minimum atomic E-state index is 0.607. The van der Waals surface area contributed by atoms with Crippen LogP contribution in [0.1, 0.15) is 22.8 Å². The van der Waals surface area contributed by atoms with Crippen molar-refractivity contribution in [2.45, 2.75) is 20.4 Å². The van der Waals surface area contributed by atoms with Gasteiger partial charge in [-0.3, -0.25) is 0 Å². The molecule has 92 valence electrons. The number of hydrogen-bond donors (Lipinski definition) is 1. The molecule has 0 aliphatic heterocycles. The maximum Gasteiger partial charge on any atom is 0.148 e. The SMILES string of the molecule is CNCc1ccc(-n2nc(C)nc2C)c(C#N)c1. The molecule has 0 fully saturated rings. The Balaban J connectivity index is 2.52. The van der Waals surface area contributed by atoms with Gasteiger partial charge in [0.25, 0.3) is 0 Å². The van der Waals surface area contributed by atoms with Crippen LogP contribution in [0.5, 0.6) is 0 Å². The highest BCUT2D eigenvalue weighted by atomic mass is 15.3. The molecule has 0 unspecified atom stereocenters. The third-order valence-corrected chi connectivity index (χ3v) is 2.67. The molecular weight excluding hydrogens is 226 g/mol. The van der Waals surface area contributed by atoms with E-state index in [4.69, 9.17) is 0 Å². The number of rotatable bonds is 3. The number of nitriles is 1. The first-order chi connectivity index (χ1) is 8.65. The standard InChI is InChI=1S/C13H15N5/c1-9-16-10(2)18(17-9)13-5-4-11(8-15-3)6-12(13)7-14/h4-6,15H,8H2,1-3H3. The summed E-state index contributed by atoms with van der Waals surface area (Å²) in [6, 6.07) is 7.99. The van der Waals surface area contributed by atoms with Crippen molar-refractivity contribution in [2.75, 3.05) is 7.05 Å². The molecule has 2 aromatic rings. The second kappa shape index (κ2) is 4.98. The van der Waals surface area contributed by atoms with E-state index in [1.54, 1.807) is 4.68 Å². The van der Waals surface area contributed by atoms with E-state index in [-0.39, 0.29) is 0 Å². The van der Waals surface area contributed by atoms with Gasteiger partial charge in [0.1, 0.15) is 17.7 Å². The van der Waals surface area contributed by atoms with Gasteiger partial charge in [-0.25, -0.2) is 9.67 Å². The molecule has 2 rings (SSSR count). The predicted octanol–water partition coefficient (Wildman–Crippen LogP) is 1.48. The van der Waals surface area contributed by atoms with Gasteiger partial charge in [-0.2, -0.15) is 10.4 Å². The van der Waals surface area contributed by atoms with Crippen LogP contribution in [0.15, 0.2) is 18.2 Å². The zero-order valence-electron chi connectivity index (χ0n) is 10.7. The normalized spacial score (nSPS) is 10.3. The van der Waals surface area contributed by atoms with E-state index in [1.165, 1.54) is 0 Å². The fourth-order valence-corrected chi connectivity index (χ4v) is 1.92. The van der Waals surface area contributed by atoms with Crippen LogP contribution < -0.4 is 5.32 Å². The van der Waals surface area contributed by atoms with Crippen LogP contribution >= 0.6 is 0 Å². The monoisotopic (exact) mass is 241 g/mol. The number of nitrogens with one attached hydrogen (secondary N) is 1. The molecule has 0 aliphatic rings. The van der Waals surface area contributed by atoms with Crippen LogP contribution in [0.2, 0.25) is 0 Å². The summed E-state index contributed by atoms with van der Waals surface area (Å²) in [5, 5.41) is 16.6. The first-order valence-corrected chi connectivity index (χ1v) is 5.74. The van der Waals surface area contributed by atoms with E-state index in [1.807, 2.05) is 39.1 Å². The quantitative estimate of drug-likeness (QED) is 0.883. The van der Waals surface area contributed by atoms with Crippen molar-refractivity contribution < 1.29 is 0 Å². The van der Waals surface area contributed by atoms with E-state index in [2.05, 4.69) is 21.5 Å². The summed E-state index contributed by atoms with van der Waals surface area (Å²) < 4.78 is 1.71. The Morgan fingerprint density at radius 3 is 2.72 bits per heavy atom. The molecule has 0 aliphatic carbocycles. The van der Waals surface area contributed by atoms with Crippen molar-refractivity contribution in [3.05, 3.63) is 41.0 Å². The lowest BCUT2D eigenvalue weighted by atomic mass is 10.1. The molecule has 0 radical (unpaired) electrons. The molecular formula is C13H15N5. The summed E-state index contributed by atoms with van der Waals surface area (Å²) in [6.07, 6.45) is 0. The van der Waals surface area contributed by atoms with Crippen LogP contribution in [-0.2, 0) is 6.54 Å². The molecule has 5 nitrogen and oxygen atoms in total. The zero-order valence-corrected chi connectivity index (χ0v) is 10.7. The van der Waals surface area contributed by atoms with Gasteiger partial charge in [0.05, 0.1) is 11.3 Å². The Kier molecular flexibility index (Phi) is 3.40. The van der Waals surface area contributed by atoms with Crippen LogP contribution in [0.25, 0.3) is 5.69 Å². The molecule has 0 saturated carbocycles. The van der Waals surface area contributed by atoms with Gasteiger partial charge in [-0.05, 0) is 38.6 Å². The number of aromatic nitrogens is 3. The maximum atomic E-state index is 9.24. The second-order valence-corrected chi connectivity index (χ2v) is 4.11. The molecule has 0 atom stereocenters. The molecule has 0 bridgehead atoms. The smallest absolute Gasteiger partial charge is 0.148 e. The van der Waals surface area contributed by atoms with Crippen molar-refractivity contribution in [1.29, 1.82) is 5.26 Å². The maximum absolute atomic E-state index is 9.24. The fourth-order valence-electron chi connectivity index (χ4n) is 1.92. The van der Waals surface area contributed by atoms with Crippen molar-refractivity contribution in [1.82, 2.24) is 20.1 Å². The highest BCUT2D eigenvalue weighted by Crippen LogP contribution is 2.17. The lowest BCUT2D eigenvalue weighted by Gasteiger charge is -2.07. The van der Waals surface area contributed by atoms with Crippen LogP contribution in [0.3, 0.4) is 0 Å². The lowest BCUT2D eigenvalue weighted by Crippen LogP contribution is -2.07. The lowest BCUT2D eigenvalue weighted by molar-refractivity contribution is 0.807. The van der Waals surface area contributed by atoms with Crippen LogP contribution in [0.4, 0.5) is 0 Å². The van der Waals surface area contributed by atoms with Crippen LogP contribution in [-0.4, -0.2) is 21.8 Å². The van der Waals surface area contributed by atoms with Gasteiger partial charge < -0.3 is 5.32 Å². The van der Waals surface area contributed by atoms with E-state index in [0.717, 1.165) is 23.6 Å². The minimum Gasteiger partial charge on any atom is -0.316 e. The Morgan fingerprint density at radius 1 is 1.39 bits per heavy atom. The molecule has 0 amide bonds. The Bertz CT molecular complexity index is 606. The number of nitrogens with zero attached hydrogens (tertiary/aromatic N) is 4. The van der Waals surface area contributed by atoms with Gasteiger partial charge in [-0.15, -0.1) is 0 Å². The summed E-state index contributed by atoms with van der Waals surface area (Å²) in [5.41, 5.74) is 2.46. The number of aryl methyl sites for hydroxylation is 2. The molecule has 0 saturated heterocycles. The average molecular weight is 241 g/mol. The molecule has 1 aromatic heterocycles. The van der Waals surface area contributed by atoms with E-state index in [9.17, 15) is 5.26 Å². The summed E-state index contributed by atoms with van der Waals surface area (Å²) in [7, 11) is 1.88. The molecule has 5 heteroatoms. The Labute approximate surface area is 106 Å². The van der Waals surface area contributed by atoms with E-state index in [0.29, 0.717) is 11.4 Å². The van der Waals surface area contributed by atoms with Crippen molar-refractivity contribution in [3.63, 3.8) is 0 Å². The van der Waals surface area contributed by atoms with Crippen molar-refractivity contribution in [2.24, 2.45) is 0 Å². The third kappa shape index (κ3) is 2.24. The molecule has 0 spiro atoms. The van der Waals surface area contributed by atoms with Crippen molar-refractivity contribution >= 4 is 0 Å². The first kappa shape index (κ1) is 12.3. The van der Waals surface area contributed by atoms with Gasteiger partial charge in [0.2, 0.25) is 0 Å². The number of benzene rings is 1. The number of hydrogen-bond acceptors (Lipinski definition) is 4. The minimum absolute atomic E-state index is 0.607. The Hall–Kier alpha value is -2.19.